The monoisotopic (exact) mass is 365 g/mol. The fraction of sp³-hybridized carbons (Fsp3) is 0.714. The minimum atomic E-state index is -1.42. The van der Waals surface area contributed by atoms with Crippen molar-refractivity contribution in [3.63, 3.8) is 0 Å². The van der Waals surface area contributed by atoms with Gasteiger partial charge in [0.15, 0.2) is 0 Å². The normalized spacial score (nSPS) is 12.9. The molecule has 0 radical (unpaired) electrons. The molecule has 0 aromatic carbocycles. The summed E-state index contributed by atoms with van der Waals surface area (Å²) in [5.41, 5.74) is 0. The van der Waals surface area contributed by atoms with Gasteiger partial charge in [-0.05, 0) is 0 Å². The van der Waals surface area contributed by atoms with Gasteiger partial charge in [-0.2, -0.15) is 4.89 Å². The number of amides is 1. The van der Waals surface area contributed by atoms with Gasteiger partial charge in [-0.1, -0.05) is 0 Å². The van der Waals surface area contributed by atoms with Crippen LogP contribution in [0.15, 0.2) is 0 Å². The maximum absolute atomic E-state index is 11.3. The number of ether oxygens (including phenoxy) is 4. The van der Waals surface area contributed by atoms with Gasteiger partial charge in [-0.3, -0.25) is 19.2 Å². The lowest BCUT2D eigenvalue weighted by Crippen LogP contribution is -2.50. The van der Waals surface area contributed by atoms with Gasteiger partial charge in [0.25, 0.3) is 0 Å². The maximum Gasteiger partial charge on any atom is 0.304 e. The highest BCUT2D eigenvalue weighted by molar-refractivity contribution is 5.73. The number of nitrogens with one attached hydrogen (secondary N) is 1. The van der Waals surface area contributed by atoms with Crippen molar-refractivity contribution in [2.75, 3.05) is 20.3 Å². The van der Waals surface area contributed by atoms with Crippen LogP contribution in [-0.4, -0.2) is 62.8 Å². The van der Waals surface area contributed by atoms with Crippen LogP contribution in [0.2, 0.25) is 0 Å². The van der Waals surface area contributed by atoms with Crippen LogP contribution in [0.4, 0.5) is 0 Å². The zero-order chi connectivity index (χ0) is 19.4. The fourth-order valence-corrected chi connectivity index (χ4v) is 1.51. The predicted octanol–water partition coefficient (Wildman–Crippen LogP) is -0.573. The van der Waals surface area contributed by atoms with Gasteiger partial charge < -0.3 is 24.3 Å². The molecule has 0 bridgehead atoms. The average molecular weight is 365 g/mol. The van der Waals surface area contributed by atoms with E-state index < -0.39 is 42.4 Å². The molecular formula is C14H23NO10. The molecule has 0 aliphatic rings. The van der Waals surface area contributed by atoms with E-state index >= 15 is 0 Å². The summed E-state index contributed by atoms with van der Waals surface area (Å²) in [5.74, 6) is -2.42. The van der Waals surface area contributed by atoms with E-state index in [4.69, 9.17) is 23.8 Å². The van der Waals surface area contributed by atoms with Crippen LogP contribution >= 0.6 is 0 Å². The number of carbonyl (C=O) groups is 4. The van der Waals surface area contributed by atoms with Crippen molar-refractivity contribution in [2.45, 2.75) is 46.3 Å². The second-order valence-electron chi connectivity index (χ2n) is 4.73. The van der Waals surface area contributed by atoms with Crippen LogP contribution in [0.25, 0.3) is 0 Å². The Hall–Kier alpha value is -2.24. The number of hydrogen-bond acceptors (Lipinski definition) is 10. The molecule has 0 fully saturated rings. The highest BCUT2D eigenvalue weighted by Crippen LogP contribution is 2.10. The lowest BCUT2D eigenvalue weighted by atomic mass is 10.4. The molecule has 144 valence electrons. The zero-order valence-electron chi connectivity index (χ0n) is 14.7. The largest absolute Gasteiger partial charge is 0.463 e. The van der Waals surface area contributed by atoms with Gasteiger partial charge in [0, 0.05) is 27.7 Å². The Kier molecular flexibility index (Phi) is 11.1. The zero-order valence-corrected chi connectivity index (χ0v) is 14.7. The third-order valence-corrected chi connectivity index (χ3v) is 2.35. The van der Waals surface area contributed by atoms with E-state index in [-0.39, 0.29) is 13.2 Å². The summed E-state index contributed by atoms with van der Waals surface area (Å²) >= 11 is 0. The summed E-state index contributed by atoms with van der Waals surface area (Å²) in [7, 11) is 1.17. The Bertz CT molecular complexity index is 433. The van der Waals surface area contributed by atoms with E-state index in [1.165, 1.54) is 27.9 Å². The Morgan fingerprint density at radius 2 is 1.40 bits per heavy atom. The van der Waals surface area contributed by atoms with Crippen LogP contribution in [0, 0.1) is 0 Å². The molecule has 0 heterocycles. The third kappa shape index (κ3) is 11.9. The molecule has 1 amide bonds. The molecule has 1 N–H and O–H groups in total. The van der Waals surface area contributed by atoms with Crippen LogP contribution in [0.5, 0.6) is 0 Å². The molecule has 0 spiro atoms. The molecule has 0 rings (SSSR count). The minimum absolute atomic E-state index is 0.279. The Labute approximate surface area is 144 Å². The highest BCUT2D eigenvalue weighted by Gasteiger charge is 2.31. The van der Waals surface area contributed by atoms with Crippen molar-refractivity contribution >= 4 is 23.8 Å². The molecule has 2 atom stereocenters. The number of esters is 3. The van der Waals surface area contributed by atoms with Crippen LogP contribution < -0.4 is 5.32 Å². The first kappa shape index (κ1) is 22.8. The van der Waals surface area contributed by atoms with Crippen molar-refractivity contribution in [3.8, 4) is 0 Å². The average Bonchev–Trinajstić information content (AvgIpc) is 2.47. The van der Waals surface area contributed by atoms with Crippen LogP contribution in [0.3, 0.4) is 0 Å². The summed E-state index contributed by atoms with van der Waals surface area (Å²) in [6.45, 7) is 4.12. The second-order valence-corrected chi connectivity index (χ2v) is 4.73. The van der Waals surface area contributed by atoms with Crippen LogP contribution in [0.1, 0.15) is 27.7 Å². The molecule has 25 heavy (non-hydrogen) atoms. The lowest BCUT2D eigenvalue weighted by molar-refractivity contribution is -0.392. The minimum Gasteiger partial charge on any atom is -0.463 e. The molecule has 0 aliphatic carbocycles. The van der Waals surface area contributed by atoms with Crippen molar-refractivity contribution < 1.29 is 47.9 Å². The lowest BCUT2D eigenvalue weighted by Gasteiger charge is -2.28. The van der Waals surface area contributed by atoms with Gasteiger partial charge in [0.2, 0.25) is 18.4 Å². The summed E-state index contributed by atoms with van der Waals surface area (Å²) in [5, 5.41) is 2.30. The SMILES string of the molecule is COOC(OC(COC(C)=O)COC(C)=O)[C@H](NC(C)=O)OC(C)=O. The smallest absolute Gasteiger partial charge is 0.304 e. The van der Waals surface area contributed by atoms with Crippen molar-refractivity contribution in [1.29, 1.82) is 0 Å². The van der Waals surface area contributed by atoms with E-state index in [0.717, 1.165) is 6.92 Å². The summed E-state index contributed by atoms with van der Waals surface area (Å²) in [6, 6.07) is 0. The highest BCUT2D eigenvalue weighted by atomic mass is 17.2. The maximum atomic E-state index is 11.3. The van der Waals surface area contributed by atoms with E-state index in [1.54, 1.807) is 0 Å². The van der Waals surface area contributed by atoms with Gasteiger partial charge in [-0.25, -0.2) is 4.89 Å². The van der Waals surface area contributed by atoms with Crippen LogP contribution in [-0.2, 0) is 47.9 Å². The van der Waals surface area contributed by atoms with Crippen molar-refractivity contribution in [2.24, 2.45) is 0 Å². The van der Waals surface area contributed by atoms with E-state index in [0.29, 0.717) is 0 Å². The summed E-state index contributed by atoms with van der Waals surface area (Å²) in [6.07, 6.45) is -3.75. The second kappa shape index (κ2) is 12.2. The van der Waals surface area contributed by atoms with Gasteiger partial charge >= 0.3 is 17.9 Å². The Morgan fingerprint density at radius 1 is 0.880 bits per heavy atom. The first-order valence-electron chi connectivity index (χ1n) is 7.21. The fourth-order valence-electron chi connectivity index (χ4n) is 1.51. The molecule has 0 saturated heterocycles. The number of hydrogen-bond donors (Lipinski definition) is 1. The topological polar surface area (TPSA) is 136 Å². The molecule has 0 aromatic heterocycles. The van der Waals surface area contributed by atoms with Crippen molar-refractivity contribution in [3.05, 3.63) is 0 Å². The van der Waals surface area contributed by atoms with Gasteiger partial charge in [-0.15, -0.1) is 0 Å². The quantitative estimate of drug-likeness (QED) is 0.167. The molecule has 11 heteroatoms. The molecule has 0 aromatic rings. The first-order valence-corrected chi connectivity index (χ1v) is 7.21. The number of carbonyl (C=O) groups excluding carboxylic acids is 4. The summed E-state index contributed by atoms with van der Waals surface area (Å²) < 4.78 is 20.0. The van der Waals surface area contributed by atoms with Gasteiger partial charge in [0.1, 0.15) is 19.3 Å². The standard InChI is InChI=1S/C14H23NO10/c1-8(16)15-13(23-11(4)19)14(25-20-5)24-12(6-21-9(2)17)7-22-10(3)18/h12-14H,6-7H2,1-5H3,(H,15,16)/t13-,14?/m1/s1. The first-order chi connectivity index (χ1) is 11.6. The molecular weight excluding hydrogens is 342 g/mol. The van der Waals surface area contributed by atoms with Gasteiger partial charge in [0.05, 0.1) is 7.11 Å². The van der Waals surface area contributed by atoms with Crippen molar-refractivity contribution in [1.82, 2.24) is 5.32 Å². The number of rotatable bonds is 11. The van der Waals surface area contributed by atoms with E-state index in [1.807, 2.05) is 0 Å². The molecule has 11 nitrogen and oxygen atoms in total. The third-order valence-electron chi connectivity index (χ3n) is 2.35. The Morgan fingerprint density at radius 3 is 1.76 bits per heavy atom. The Balaban J connectivity index is 5.14. The summed E-state index contributed by atoms with van der Waals surface area (Å²) in [4.78, 5) is 53.7. The molecule has 1 unspecified atom stereocenters. The molecule has 0 aliphatic heterocycles. The molecule has 0 saturated carbocycles. The van der Waals surface area contributed by atoms with E-state index in [9.17, 15) is 19.2 Å². The van der Waals surface area contributed by atoms with E-state index in [2.05, 4.69) is 10.2 Å². The predicted molar refractivity (Wildman–Crippen MR) is 79.4 cm³/mol.